The molecule has 2 N–H and O–H groups in total. The van der Waals surface area contributed by atoms with Crippen molar-refractivity contribution in [3.05, 3.63) is 33.1 Å². The number of carbonyl (C=O) groups is 1. The third-order valence-electron chi connectivity index (χ3n) is 4.57. The van der Waals surface area contributed by atoms with Gasteiger partial charge in [0.05, 0.1) is 22.3 Å². The number of hydrogen-bond donors (Lipinski definition) is 2. The molecule has 1 atom stereocenters. The van der Waals surface area contributed by atoms with Crippen LogP contribution >= 0.6 is 11.3 Å². The van der Waals surface area contributed by atoms with Gasteiger partial charge >= 0.3 is 0 Å². The van der Waals surface area contributed by atoms with Gasteiger partial charge in [-0.25, -0.2) is 4.98 Å². The van der Waals surface area contributed by atoms with E-state index in [-0.39, 0.29) is 11.9 Å². The van der Waals surface area contributed by atoms with Crippen LogP contribution in [-0.2, 0) is 0 Å². The summed E-state index contributed by atoms with van der Waals surface area (Å²) in [5.74, 6) is -0.0988. The minimum absolute atomic E-state index is 0.0988. The molecule has 130 valence electrons. The molecule has 25 heavy (non-hydrogen) atoms. The molecule has 1 aliphatic rings. The zero-order chi connectivity index (χ0) is 17.6. The molecule has 3 aromatic rings. The van der Waals surface area contributed by atoms with E-state index >= 15 is 0 Å². The molecule has 0 spiro atoms. The predicted molar refractivity (Wildman–Crippen MR) is 98.1 cm³/mol. The largest absolute Gasteiger partial charge is 0.348 e. The molecule has 6 nitrogen and oxygen atoms in total. The molecule has 1 unspecified atom stereocenters. The third-order valence-corrected chi connectivity index (χ3v) is 5.54. The lowest BCUT2D eigenvalue weighted by Crippen LogP contribution is -2.36. The summed E-state index contributed by atoms with van der Waals surface area (Å²) in [5, 5.41) is 11.1. The maximum absolute atomic E-state index is 12.9. The molecule has 0 bridgehead atoms. The molecule has 1 saturated heterocycles. The van der Waals surface area contributed by atoms with Crippen molar-refractivity contribution in [1.29, 1.82) is 0 Å². The lowest BCUT2D eigenvalue weighted by atomic mass is 10.0. The van der Waals surface area contributed by atoms with Crippen molar-refractivity contribution in [3.8, 4) is 11.3 Å². The van der Waals surface area contributed by atoms with Gasteiger partial charge in [0.1, 0.15) is 0 Å². The van der Waals surface area contributed by atoms with Gasteiger partial charge in [-0.2, -0.15) is 0 Å². The van der Waals surface area contributed by atoms with Crippen LogP contribution in [0.25, 0.3) is 22.4 Å². The summed E-state index contributed by atoms with van der Waals surface area (Å²) >= 11 is 1.72. The van der Waals surface area contributed by atoms with Crippen molar-refractivity contribution in [3.63, 3.8) is 0 Å². The number of fused-ring (bicyclic) bond motifs is 1. The molecular weight excluding hydrogens is 336 g/mol. The number of rotatable bonds is 3. The molecule has 0 aliphatic carbocycles. The van der Waals surface area contributed by atoms with E-state index in [0.717, 1.165) is 30.8 Å². The van der Waals surface area contributed by atoms with Crippen LogP contribution in [0.2, 0.25) is 0 Å². The number of aryl methyl sites for hydroxylation is 3. The van der Waals surface area contributed by atoms with Crippen LogP contribution in [0.1, 0.15) is 32.2 Å². The highest BCUT2D eigenvalue weighted by Gasteiger charge is 2.23. The number of thiophene rings is 1. The summed E-state index contributed by atoms with van der Waals surface area (Å²) in [7, 11) is 0. The van der Waals surface area contributed by atoms with Crippen LogP contribution in [-0.4, -0.2) is 35.2 Å². The average molecular weight is 356 g/mol. The summed E-state index contributed by atoms with van der Waals surface area (Å²) in [6.07, 6.45) is 0.943. The van der Waals surface area contributed by atoms with E-state index in [1.165, 1.54) is 9.75 Å². The lowest BCUT2D eigenvalue weighted by Gasteiger charge is -2.12. The van der Waals surface area contributed by atoms with Crippen LogP contribution < -0.4 is 10.6 Å². The first-order valence-electron chi connectivity index (χ1n) is 8.39. The Labute approximate surface area is 149 Å². The Hall–Kier alpha value is -2.25. The Morgan fingerprint density at radius 2 is 2.20 bits per heavy atom. The number of nitrogens with one attached hydrogen (secondary N) is 2. The smallest absolute Gasteiger partial charge is 0.259 e. The summed E-state index contributed by atoms with van der Waals surface area (Å²) in [6.45, 7) is 7.70. The average Bonchev–Trinajstić information content (AvgIpc) is 3.28. The number of pyridine rings is 1. The second-order valence-electron chi connectivity index (χ2n) is 6.49. The maximum atomic E-state index is 12.9. The van der Waals surface area contributed by atoms with Gasteiger partial charge in [0.25, 0.3) is 11.6 Å². The van der Waals surface area contributed by atoms with E-state index in [1.807, 2.05) is 13.0 Å². The number of carbonyl (C=O) groups excluding carboxylic acids is 1. The summed E-state index contributed by atoms with van der Waals surface area (Å²) in [5.41, 5.74) is 3.46. The van der Waals surface area contributed by atoms with Gasteiger partial charge in [0.2, 0.25) is 0 Å². The topological polar surface area (TPSA) is 80.0 Å². The molecule has 1 amide bonds. The Kier molecular flexibility index (Phi) is 4.05. The van der Waals surface area contributed by atoms with Crippen molar-refractivity contribution in [2.45, 2.75) is 33.2 Å². The molecule has 7 heteroatoms. The lowest BCUT2D eigenvalue weighted by molar-refractivity contribution is 0.0941. The fraction of sp³-hybridized carbons (Fsp3) is 0.389. The van der Waals surface area contributed by atoms with Crippen molar-refractivity contribution in [2.24, 2.45) is 0 Å². The van der Waals surface area contributed by atoms with E-state index in [1.54, 1.807) is 11.3 Å². The minimum atomic E-state index is -0.0988. The Morgan fingerprint density at radius 1 is 1.36 bits per heavy atom. The zero-order valence-electron chi connectivity index (χ0n) is 14.5. The van der Waals surface area contributed by atoms with Crippen LogP contribution in [0.4, 0.5) is 0 Å². The molecule has 4 heterocycles. The molecule has 0 radical (unpaired) electrons. The van der Waals surface area contributed by atoms with E-state index in [0.29, 0.717) is 22.4 Å². The molecule has 0 saturated carbocycles. The van der Waals surface area contributed by atoms with Gasteiger partial charge < -0.3 is 15.2 Å². The van der Waals surface area contributed by atoms with Crippen molar-refractivity contribution < 1.29 is 9.32 Å². The van der Waals surface area contributed by atoms with Crippen LogP contribution in [0, 0.1) is 20.8 Å². The van der Waals surface area contributed by atoms with Crippen molar-refractivity contribution in [1.82, 2.24) is 20.8 Å². The molecule has 0 aromatic carbocycles. The fourth-order valence-corrected chi connectivity index (χ4v) is 4.27. The number of hydrogen-bond acceptors (Lipinski definition) is 6. The van der Waals surface area contributed by atoms with Gasteiger partial charge in [-0.3, -0.25) is 4.79 Å². The van der Waals surface area contributed by atoms with Crippen molar-refractivity contribution in [2.75, 3.05) is 13.1 Å². The predicted octanol–water partition coefficient (Wildman–Crippen LogP) is 2.97. The van der Waals surface area contributed by atoms with Gasteiger partial charge in [-0.05, 0) is 45.9 Å². The minimum Gasteiger partial charge on any atom is -0.348 e. The van der Waals surface area contributed by atoms with Gasteiger partial charge in [0.15, 0.2) is 0 Å². The Morgan fingerprint density at radius 3 is 2.88 bits per heavy atom. The fourth-order valence-electron chi connectivity index (χ4n) is 3.34. The summed E-state index contributed by atoms with van der Waals surface area (Å²) in [6, 6.07) is 4.11. The maximum Gasteiger partial charge on any atom is 0.259 e. The number of amides is 1. The summed E-state index contributed by atoms with van der Waals surface area (Å²) < 4.78 is 5.37. The van der Waals surface area contributed by atoms with E-state index in [2.05, 4.69) is 40.7 Å². The monoisotopic (exact) mass is 356 g/mol. The first-order valence-corrected chi connectivity index (χ1v) is 9.20. The van der Waals surface area contributed by atoms with Crippen molar-refractivity contribution >= 4 is 28.3 Å². The highest BCUT2D eigenvalue weighted by Crippen LogP contribution is 2.32. The molecule has 4 rings (SSSR count). The van der Waals surface area contributed by atoms with Gasteiger partial charge in [-0.15, -0.1) is 11.3 Å². The standard InChI is InChI=1S/C18H20N4O2S/c1-9-6-13(11(3)25-9)15-7-14(16-10(2)22-24-18(16)21-15)17(23)20-12-4-5-19-8-12/h6-7,12,19H,4-5,8H2,1-3H3,(H,20,23). The second-order valence-corrected chi connectivity index (χ2v) is 7.95. The van der Waals surface area contributed by atoms with E-state index < -0.39 is 0 Å². The number of aromatic nitrogens is 2. The molecule has 1 aliphatic heterocycles. The Balaban J connectivity index is 1.82. The van der Waals surface area contributed by atoms with Gasteiger partial charge in [-0.1, -0.05) is 5.16 Å². The third kappa shape index (κ3) is 2.94. The highest BCUT2D eigenvalue weighted by molar-refractivity contribution is 7.12. The second kappa shape index (κ2) is 6.24. The molecular formula is C18H20N4O2S. The quantitative estimate of drug-likeness (QED) is 0.754. The normalized spacial score (nSPS) is 17.3. The van der Waals surface area contributed by atoms with Crippen LogP contribution in [0.5, 0.6) is 0 Å². The first kappa shape index (κ1) is 16.2. The van der Waals surface area contributed by atoms with Crippen LogP contribution in [0.15, 0.2) is 16.7 Å². The SMILES string of the molecule is Cc1cc(-c2cc(C(=O)NC3CCNC3)c3c(C)noc3n2)c(C)s1. The first-order chi connectivity index (χ1) is 12.0. The molecule has 1 fully saturated rings. The number of nitrogens with zero attached hydrogens (tertiary/aromatic N) is 2. The van der Waals surface area contributed by atoms with E-state index in [9.17, 15) is 4.79 Å². The van der Waals surface area contributed by atoms with Crippen LogP contribution in [0.3, 0.4) is 0 Å². The molecule has 3 aromatic heterocycles. The zero-order valence-corrected chi connectivity index (χ0v) is 15.3. The van der Waals surface area contributed by atoms with E-state index in [4.69, 9.17) is 4.52 Å². The highest BCUT2D eigenvalue weighted by atomic mass is 32.1. The van der Waals surface area contributed by atoms with Gasteiger partial charge in [0, 0.05) is 27.9 Å². The summed E-state index contributed by atoms with van der Waals surface area (Å²) in [4.78, 5) is 19.9. The Bertz CT molecular complexity index is 954.